The molecule has 4 rings (SSSR count). The van der Waals surface area contributed by atoms with E-state index >= 15 is 0 Å². The number of allylic oxidation sites excluding steroid dienone is 2. The van der Waals surface area contributed by atoms with E-state index in [1.807, 2.05) is 11.9 Å². The maximum absolute atomic E-state index is 12.9. The van der Waals surface area contributed by atoms with Crippen LogP contribution in [0.4, 0.5) is 4.79 Å². The van der Waals surface area contributed by atoms with E-state index < -0.39 is 23.5 Å². The molecule has 25 heavy (non-hydrogen) atoms. The highest BCUT2D eigenvalue weighted by atomic mass is 16.5. The van der Waals surface area contributed by atoms with Crippen molar-refractivity contribution >= 4 is 17.7 Å². The van der Waals surface area contributed by atoms with Crippen molar-refractivity contribution in [3.8, 4) is 0 Å². The molecule has 1 unspecified atom stereocenters. The van der Waals surface area contributed by atoms with Gasteiger partial charge < -0.3 is 25.2 Å². The zero-order valence-electron chi connectivity index (χ0n) is 14.1. The number of carbonyl (C=O) groups is 3. The van der Waals surface area contributed by atoms with Gasteiger partial charge in [0.2, 0.25) is 11.6 Å². The third-order valence-electron chi connectivity index (χ3n) is 5.80. The maximum Gasteiger partial charge on any atom is 0.404 e. The van der Waals surface area contributed by atoms with E-state index in [-0.39, 0.29) is 47.1 Å². The normalized spacial score (nSPS) is 38.6. The van der Waals surface area contributed by atoms with Crippen LogP contribution >= 0.6 is 0 Å². The molecule has 9 nitrogen and oxygen atoms in total. The van der Waals surface area contributed by atoms with Crippen LogP contribution in [-0.4, -0.2) is 77.7 Å². The number of hydrogen-bond donors (Lipinski definition) is 2. The summed E-state index contributed by atoms with van der Waals surface area (Å²) < 4.78 is 10.0. The van der Waals surface area contributed by atoms with Crippen LogP contribution in [-0.2, 0) is 19.1 Å². The fourth-order valence-electron chi connectivity index (χ4n) is 4.60. The van der Waals surface area contributed by atoms with Crippen LogP contribution in [0.2, 0.25) is 0 Å². The lowest BCUT2D eigenvalue weighted by atomic mass is 9.83. The standard InChI is InChI=1S/C16H19N3O6/c1-6-11(20)10-9(12(21)13(6)24-3)7(5-25-15(17)22)16(23)14-8(18(14)2)4-19(10)16/h7-8,14,23H,4-5H2,1-3H3,(H2,17,22)/t7-,8-,14+,16-,18?/m0/s1. The molecule has 0 spiro atoms. The minimum Gasteiger partial charge on any atom is -0.492 e. The molecule has 0 aromatic rings. The number of fused-ring (bicyclic) bond motifs is 4. The Balaban J connectivity index is 1.82. The predicted octanol–water partition coefficient (Wildman–Crippen LogP) is -1.28. The molecule has 1 aliphatic carbocycles. The van der Waals surface area contributed by atoms with Gasteiger partial charge in [-0.05, 0) is 14.0 Å². The van der Waals surface area contributed by atoms with Gasteiger partial charge in [0.1, 0.15) is 6.61 Å². The number of methoxy groups -OCH3 is 1. The second-order valence-electron chi connectivity index (χ2n) is 6.83. The molecule has 3 heterocycles. The summed E-state index contributed by atoms with van der Waals surface area (Å²) in [6, 6.07) is -0.155. The number of rotatable bonds is 3. The number of ketones is 2. The van der Waals surface area contributed by atoms with Crippen molar-refractivity contribution in [1.29, 1.82) is 0 Å². The van der Waals surface area contributed by atoms with E-state index in [1.54, 1.807) is 4.90 Å². The average molecular weight is 349 g/mol. The van der Waals surface area contributed by atoms with Crippen molar-refractivity contribution in [1.82, 2.24) is 9.80 Å². The monoisotopic (exact) mass is 349 g/mol. The zero-order valence-corrected chi connectivity index (χ0v) is 14.1. The van der Waals surface area contributed by atoms with Gasteiger partial charge in [-0.15, -0.1) is 0 Å². The molecule has 4 aliphatic rings. The summed E-state index contributed by atoms with van der Waals surface area (Å²) >= 11 is 0. The third-order valence-corrected chi connectivity index (χ3v) is 5.80. The van der Waals surface area contributed by atoms with Gasteiger partial charge in [-0.1, -0.05) is 0 Å². The number of nitrogens with zero attached hydrogens (tertiary/aromatic N) is 2. The van der Waals surface area contributed by atoms with Gasteiger partial charge in [-0.25, -0.2) is 4.79 Å². The van der Waals surface area contributed by atoms with Crippen molar-refractivity contribution in [3.05, 3.63) is 22.6 Å². The van der Waals surface area contributed by atoms with E-state index in [1.165, 1.54) is 14.0 Å². The van der Waals surface area contributed by atoms with E-state index in [9.17, 15) is 19.5 Å². The molecule has 3 N–H and O–H groups in total. The number of aliphatic hydroxyl groups is 1. The van der Waals surface area contributed by atoms with Crippen molar-refractivity contribution < 1.29 is 29.0 Å². The lowest BCUT2D eigenvalue weighted by Gasteiger charge is -2.37. The second kappa shape index (κ2) is 4.83. The zero-order chi connectivity index (χ0) is 18.3. The molecular weight excluding hydrogens is 330 g/mol. The number of piperazine rings is 1. The van der Waals surface area contributed by atoms with Gasteiger partial charge in [0.05, 0.1) is 24.8 Å². The van der Waals surface area contributed by atoms with E-state index in [0.717, 1.165) is 0 Å². The van der Waals surface area contributed by atoms with Gasteiger partial charge >= 0.3 is 6.09 Å². The highest BCUT2D eigenvalue weighted by molar-refractivity contribution is 6.25. The fraction of sp³-hybridized carbons (Fsp3) is 0.562. The number of likely N-dealkylation sites (N-methyl/N-ethyl adjacent to an activating group) is 1. The third kappa shape index (κ3) is 1.77. The van der Waals surface area contributed by atoms with Gasteiger partial charge in [0.25, 0.3) is 0 Å². The Labute approximate surface area is 143 Å². The van der Waals surface area contributed by atoms with E-state index in [4.69, 9.17) is 15.2 Å². The number of Topliss-reactive ketones (excluding diaryl/α,β-unsaturated/α-hetero) is 2. The summed E-state index contributed by atoms with van der Waals surface area (Å²) in [6.07, 6.45) is -1.00. The predicted molar refractivity (Wildman–Crippen MR) is 82.8 cm³/mol. The SMILES string of the molecule is COC1=C(C)C(=O)C2=C(C1=O)[C@H](COC(N)=O)[C@]1(O)[C@H]3[C@H](CN21)N3C. The molecule has 5 atom stereocenters. The molecule has 3 aliphatic heterocycles. The molecule has 0 saturated carbocycles. The molecular formula is C16H19N3O6. The van der Waals surface area contributed by atoms with Crippen LogP contribution < -0.4 is 5.73 Å². The summed E-state index contributed by atoms with van der Waals surface area (Å²) in [5.74, 6) is -1.73. The van der Waals surface area contributed by atoms with E-state index in [2.05, 4.69) is 0 Å². The topological polar surface area (TPSA) is 122 Å². The summed E-state index contributed by atoms with van der Waals surface area (Å²) in [7, 11) is 3.18. The molecule has 0 aromatic heterocycles. The van der Waals surface area contributed by atoms with Crippen LogP contribution in [0.5, 0.6) is 0 Å². The number of carbonyl (C=O) groups excluding carboxylic acids is 3. The largest absolute Gasteiger partial charge is 0.492 e. The molecule has 0 aromatic carbocycles. The Hall–Kier alpha value is -2.39. The Morgan fingerprint density at radius 1 is 1.40 bits per heavy atom. The van der Waals surface area contributed by atoms with E-state index in [0.29, 0.717) is 6.54 Å². The summed E-state index contributed by atoms with van der Waals surface area (Å²) in [4.78, 5) is 40.4. The number of ether oxygens (including phenoxy) is 2. The second-order valence-corrected chi connectivity index (χ2v) is 6.83. The Kier molecular flexibility index (Phi) is 3.11. The number of primary amides is 1. The van der Waals surface area contributed by atoms with Crippen molar-refractivity contribution in [2.45, 2.75) is 24.7 Å². The van der Waals surface area contributed by atoms with Crippen LogP contribution in [0.15, 0.2) is 22.6 Å². The first-order valence-corrected chi connectivity index (χ1v) is 7.97. The van der Waals surface area contributed by atoms with Crippen molar-refractivity contribution in [2.24, 2.45) is 11.7 Å². The van der Waals surface area contributed by atoms with Crippen LogP contribution in [0.3, 0.4) is 0 Å². The minimum atomic E-state index is -1.49. The Morgan fingerprint density at radius 3 is 2.68 bits per heavy atom. The Bertz CT molecular complexity index is 787. The van der Waals surface area contributed by atoms with Gasteiger partial charge in [0.15, 0.2) is 11.5 Å². The van der Waals surface area contributed by atoms with Gasteiger partial charge in [-0.2, -0.15) is 0 Å². The summed E-state index contributed by atoms with van der Waals surface area (Å²) in [5.41, 5.74) is 4.09. The lowest BCUT2D eigenvalue weighted by molar-refractivity contribution is -0.126. The lowest BCUT2D eigenvalue weighted by Crippen LogP contribution is -2.53. The first kappa shape index (κ1) is 16.1. The highest BCUT2D eigenvalue weighted by Gasteiger charge is 2.74. The molecule has 2 fully saturated rings. The quantitative estimate of drug-likeness (QED) is 0.477. The molecule has 0 radical (unpaired) electrons. The highest BCUT2D eigenvalue weighted by Crippen LogP contribution is 2.57. The summed E-state index contributed by atoms with van der Waals surface area (Å²) in [6.45, 7) is 1.67. The maximum atomic E-state index is 12.9. The molecule has 9 heteroatoms. The molecule has 1 amide bonds. The van der Waals surface area contributed by atoms with Gasteiger partial charge in [0, 0.05) is 23.7 Å². The molecule has 2 saturated heterocycles. The minimum absolute atomic E-state index is 0.0432. The van der Waals surface area contributed by atoms with Crippen molar-refractivity contribution in [2.75, 3.05) is 27.3 Å². The van der Waals surface area contributed by atoms with Crippen molar-refractivity contribution in [3.63, 3.8) is 0 Å². The first-order chi connectivity index (χ1) is 11.7. The summed E-state index contributed by atoms with van der Waals surface area (Å²) in [5, 5.41) is 11.4. The molecule has 134 valence electrons. The average Bonchev–Trinajstić information content (AvgIpc) is 2.96. The van der Waals surface area contributed by atoms with Crippen LogP contribution in [0.1, 0.15) is 6.92 Å². The van der Waals surface area contributed by atoms with Crippen LogP contribution in [0, 0.1) is 5.92 Å². The Morgan fingerprint density at radius 2 is 2.08 bits per heavy atom. The smallest absolute Gasteiger partial charge is 0.404 e. The fourth-order valence-corrected chi connectivity index (χ4v) is 4.60. The number of nitrogens with two attached hydrogens (primary N) is 1. The van der Waals surface area contributed by atoms with Gasteiger partial charge in [-0.3, -0.25) is 14.5 Å². The molecule has 0 bridgehead atoms. The number of hydrogen-bond acceptors (Lipinski definition) is 8. The first-order valence-electron chi connectivity index (χ1n) is 7.97. The number of amides is 1. The van der Waals surface area contributed by atoms with Crippen LogP contribution in [0.25, 0.3) is 0 Å².